The van der Waals surface area contributed by atoms with E-state index >= 15 is 0 Å². The number of anilines is 1. The van der Waals surface area contributed by atoms with Gasteiger partial charge in [-0.1, -0.05) is 6.07 Å². The van der Waals surface area contributed by atoms with E-state index in [1.807, 2.05) is 18.2 Å². The molecule has 3 rings (SSSR count). The van der Waals surface area contributed by atoms with E-state index in [9.17, 15) is 0 Å². The normalized spacial score (nSPS) is 16.8. The summed E-state index contributed by atoms with van der Waals surface area (Å²) in [5, 5.41) is 6.84. The second kappa shape index (κ2) is 8.16. The van der Waals surface area contributed by atoms with Crippen molar-refractivity contribution in [2.24, 2.45) is 0 Å². The maximum atomic E-state index is 6.21. The molecule has 0 bridgehead atoms. The summed E-state index contributed by atoms with van der Waals surface area (Å²) in [4.78, 5) is 0. The summed E-state index contributed by atoms with van der Waals surface area (Å²) < 4.78 is 22.0. The van der Waals surface area contributed by atoms with E-state index in [0.717, 1.165) is 25.2 Å². The Hall–Kier alpha value is -2.64. The Morgan fingerprint density at radius 3 is 2.19 bits per heavy atom. The van der Waals surface area contributed by atoms with Gasteiger partial charge in [0.15, 0.2) is 11.5 Å². The van der Waals surface area contributed by atoms with Gasteiger partial charge in [0, 0.05) is 37.8 Å². The molecule has 7 heteroatoms. The standard InChI is InChI=1S/C19H25N3O4/c1-23-17-9-13(10-18(24-2)19(17)25-3)26-16-5-4-12(8-14(16)20)15-11-21-6-7-22-15/h4-5,8-10,15,21-22H,6-7,11,20H2,1-3H3. The predicted molar refractivity (Wildman–Crippen MR) is 101 cm³/mol. The number of hydrogen-bond acceptors (Lipinski definition) is 7. The molecule has 7 nitrogen and oxygen atoms in total. The average Bonchev–Trinajstić information content (AvgIpc) is 2.69. The van der Waals surface area contributed by atoms with Crippen molar-refractivity contribution in [2.75, 3.05) is 46.7 Å². The van der Waals surface area contributed by atoms with E-state index in [4.69, 9.17) is 24.7 Å². The van der Waals surface area contributed by atoms with E-state index in [1.54, 1.807) is 33.5 Å². The summed E-state index contributed by atoms with van der Waals surface area (Å²) in [5.74, 6) is 2.69. The summed E-state index contributed by atoms with van der Waals surface area (Å²) in [6.07, 6.45) is 0. The fraction of sp³-hybridized carbons (Fsp3) is 0.368. The molecule has 1 aliphatic rings. The average molecular weight is 359 g/mol. The summed E-state index contributed by atoms with van der Waals surface area (Å²) in [6, 6.07) is 9.57. The second-order valence-corrected chi connectivity index (χ2v) is 5.97. The molecule has 0 saturated carbocycles. The van der Waals surface area contributed by atoms with Gasteiger partial charge in [0.2, 0.25) is 5.75 Å². The molecule has 0 aromatic heterocycles. The minimum absolute atomic E-state index is 0.251. The highest BCUT2D eigenvalue weighted by Gasteiger charge is 2.17. The van der Waals surface area contributed by atoms with Gasteiger partial charge in [0.25, 0.3) is 0 Å². The third kappa shape index (κ3) is 3.79. The monoisotopic (exact) mass is 359 g/mol. The Morgan fingerprint density at radius 2 is 1.65 bits per heavy atom. The third-order valence-electron chi connectivity index (χ3n) is 4.34. The third-order valence-corrected chi connectivity index (χ3v) is 4.34. The largest absolute Gasteiger partial charge is 0.493 e. The van der Waals surface area contributed by atoms with Gasteiger partial charge in [-0.25, -0.2) is 0 Å². The number of ether oxygens (including phenoxy) is 4. The molecule has 2 aromatic carbocycles. The SMILES string of the molecule is COc1cc(Oc2ccc(C3CNCCN3)cc2N)cc(OC)c1OC. The van der Waals surface area contributed by atoms with E-state index in [1.165, 1.54) is 0 Å². The van der Waals surface area contributed by atoms with Gasteiger partial charge in [-0.15, -0.1) is 0 Å². The highest BCUT2D eigenvalue weighted by molar-refractivity contribution is 5.60. The van der Waals surface area contributed by atoms with Crippen LogP contribution in [0.3, 0.4) is 0 Å². The van der Waals surface area contributed by atoms with Gasteiger partial charge in [0.1, 0.15) is 11.5 Å². The van der Waals surface area contributed by atoms with E-state index in [-0.39, 0.29) is 6.04 Å². The number of nitrogens with one attached hydrogen (secondary N) is 2. The number of nitrogen functional groups attached to an aromatic ring is 1. The number of hydrogen-bond donors (Lipinski definition) is 3. The summed E-state index contributed by atoms with van der Waals surface area (Å²) in [5.41, 5.74) is 7.92. The zero-order valence-electron chi connectivity index (χ0n) is 15.3. The van der Waals surface area contributed by atoms with Crippen molar-refractivity contribution in [1.82, 2.24) is 10.6 Å². The van der Waals surface area contributed by atoms with Gasteiger partial charge >= 0.3 is 0 Å². The molecule has 1 heterocycles. The molecule has 0 spiro atoms. The molecule has 0 aliphatic carbocycles. The molecule has 4 N–H and O–H groups in total. The van der Waals surface area contributed by atoms with Crippen molar-refractivity contribution >= 4 is 5.69 Å². The van der Waals surface area contributed by atoms with Crippen LogP contribution in [0.5, 0.6) is 28.7 Å². The molecule has 2 aromatic rings. The number of piperazine rings is 1. The van der Waals surface area contributed by atoms with Crippen LogP contribution >= 0.6 is 0 Å². The Bertz CT molecular complexity index is 735. The zero-order valence-corrected chi connectivity index (χ0v) is 15.3. The van der Waals surface area contributed by atoms with E-state index < -0.39 is 0 Å². The van der Waals surface area contributed by atoms with Crippen molar-refractivity contribution < 1.29 is 18.9 Å². The lowest BCUT2D eigenvalue weighted by Crippen LogP contribution is -2.42. The van der Waals surface area contributed by atoms with Gasteiger partial charge in [0.05, 0.1) is 27.0 Å². The molecule has 140 valence electrons. The van der Waals surface area contributed by atoms with E-state index in [0.29, 0.717) is 34.4 Å². The first-order chi connectivity index (χ1) is 12.7. The quantitative estimate of drug-likeness (QED) is 0.682. The van der Waals surface area contributed by atoms with Crippen LogP contribution in [0.2, 0.25) is 0 Å². The lowest BCUT2D eigenvalue weighted by atomic mass is 10.0. The first-order valence-corrected chi connectivity index (χ1v) is 8.47. The molecule has 1 fully saturated rings. The van der Waals surface area contributed by atoms with Crippen molar-refractivity contribution in [3.05, 3.63) is 35.9 Å². The highest BCUT2D eigenvalue weighted by Crippen LogP contribution is 2.42. The predicted octanol–water partition coefficient (Wildman–Crippen LogP) is 2.32. The van der Waals surface area contributed by atoms with Crippen LogP contribution in [0.4, 0.5) is 5.69 Å². The van der Waals surface area contributed by atoms with Crippen molar-refractivity contribution in [2.45, 2.75) is 6.04 Å². The molecular weight excluding hydrogens is 334 g/mol. The fourth-order valence-electron chi connectivity index (χ4n) is 3.01. The first-order valence-electron chi connectivity index (χ1n) is 8.47. The van der Waals surface area contributed by atoms with Crippen LogP contribution in [0, 0.1) is 0 Å². The number of nitrogens with two attached hydrogens (primary N) is 1. The Kier molecular flexibility index (Phi) is 5.70. The Labute approximate surface area is 153 Å². The summed E-state index contributed by atoms with van der Waals surface area (Å²) in [6.45, 7) is 2.80. The highest BCUT2D eigenvalue weighted by atomic mass is 16.5. The van der Waals surface area contributed by atoms with Crippen molar-refractivity contribution in [3.8, 4) is 28.7 Å². The second-order valence-electron chi connectivity index (χ2n) is 5.97. The minimum Gasteiger partial charge on any atom is -0.493 e. The van der Waals surface area contributed by atoms with Gasteiger partial charge < -0.3 is 35.3 Å². The first kappa shape index (κ1) is 18.2. The molecule has 1 saturated heterocycles. The molecular formula is C19H25N3O4. The van der Waals surface area contributed by atoms with Crippen LogP contribution in [0.1, 0.15) is 11.6 Å². The number of rotatable bonds is 6. The lowest BCUT2D eigenvalue weighted by molar-refractivity contribution is 0.321. The molecule has 26 heavy (non-hydrogen) atoms. The maximum absolute atomic E-state index is 6.21. The van der Waals surface area contributed by atoms with Crippen molar-refractivity contribution in [1.29, 1.82) is 0 Å². The Morgan fingerprint density at radius 1 is 0.923 bits per heavy atom. The number of methoxy groups -OCH3 is 3. The van der Waals surface area contributed by atoms with Crippen LogP contribution in [0.25, 0.3) is 0 Å². The number of benzene rings is 2. The van der Waals surface area contributed by atoms with Crippen LogP contribution in [-0.4, -0.2) is 41.0 Å². The molecule has 1 unspecified atom stereocenters. The fourth-order valence-corrected chi connectivity index (χ4v) is 3.01. The van der Waals surface area contributed by atoms with Gasteiger partial charge in [-0.05, 0) is 17.7 Å². The molecule has 0 radical (unpaired) electrons. The summed E-state index contributed by atoms with van der Waals surface area (Å²) in [7, 11) is 4.69. The summed E-state index contributed by atoms with van der Waals surface area (Å²) >= 11 is 0. The van der Waals surface area contributed by atoms with Gasteiger partial charge in [-0.3, -0.25) is 0 Å². The molecule has 1 aliphatic heterocycles. The van der Waals surface area contributed by atoms with Gasteiger partial charge in [-0.2, -0.15) is 0 Å². The molecule has 1 atom stereocenters. The van der Waals surface area contributed by atoms with Crippen LogP contribution in [0.15, 0.2) is 30.3 Å². The van der Waals surface area contributed by atoms with Crippen LogP contribution in [-0.2, 0) is 0 Å². The van der Waals surface area contributed by atoms with Crippen molar-refractivity contribution in [3.63, 3.8) is 0 Å². The van der Waals surface area contributed by atoms with E-state index in [2.05, 4.69) is 10.6 Å². The topological polar surface area (TPSA) is 87.0 Å². The molecule has 0 amide bonds. The zero-order chi connectivity index (χ0) is 18.5. The van der Waals surface area contributed by atoms with Crippen LogP contribution < -0.4 is 35.3 Å². The Balaban J connectivity index is 1.84. The maximum Gasteiger partial charge on any atom is 0.203 e. The minimum atomic E-state index is 0.251. The smallest absolute Gasteiger partial charge is 0.203 e. The lowest BCUT2D eigenvalue weighted by Gasteiger charge is -2.25.